The molecule has 0 spiro atoms. The normalized spacial score (nSPS) is 14.2. The Hall–Kier alpha value is -0.0800. The summed E-state index contributed by atoms with van der Waals surface area (Å²) >= 11 is 0. The highest BCUT2D eigenvalue weighted by molar-refractivity contribution is 4.64. The van der Waals surface area contributed by atoms with E-state index in [-0.39, 0.29) is 0 Å². The van der Waals surface area contributed by atoms with Gasteiger partial charge in [0.15, 0.2) is 0 Å². The molecule has 0 saturated heterocycles. The van der Waals surface area contributed by atoms with Crippen molar-refractivity contribution in [2.75, 3.05) is 20.2 Å². The highest BCUT2D eigenvalue weighted by atomic mass is 16.5. The molecule has 0 aromatic rings. The smallest absolute Gasteiger partial charge is 0.0722 e. The molecule has 0 saturated carbocycles. The maximum atomic E-state index is 5.74. The summed E-state index contributed by atoms with van der Waals surface area (Å²) in [5, 5.41) is 3.15. The molecule has 0 aromatic heterocycles. The average molecular weight is 173 g/mol. The standard InChI is InChI=1S/C10H23NO/c1-8(2)7-12-10(6-11-5)9(3)4/h8-11H,6-7H2,1-5H3. The summed E-state index contributed by atoms with van der Waals surface area (Å²) in [7, 11) is 1.97. The van der Waals surface area contributed by atoms with E-state index >= 15 is 0 Å². The first kappa shape index (κ1) is 11.9. The van der Waals surface area contributed by atoms with Gasteiger partial charge < -0.3 is 10.1 Å². The van der Waals surface area contributed by atoms with Crippen molar-refractivity contribution in [3.05, 3.63) is 0 Å². The molecule has 0 fully saturated rings. The van der Waals surface area contributed by atoms with E-state index < -0.39 is 0 Å². The molecule has 2 heteroatoms. The van der Waals surface area contributed by atoms with Crippen LogP contribution < -0.4 is 5.32 Å². The second kappa shape index (κ2) is 6.44. The van der Waals surface area contributed by atoms with Gasteiger partial charge in [0.2, 0.25) is 0 Å². The van der Waals surface area contributed by atoms with Gasteiger partial charge in [-0.15, -0.1) is 0 Å². The van der Waals surface area contributed by atoms with E-state index in [9.17, 15) is 0 Å². The molecule has 0 aliphatic heterocycles. The molecule has 0 amide bonds. The summed E-state index contributed by atoms with van der Waals surface area (Å²) in [4.78, 5) is 0. The molecular formula is C10H23NO. The van der Waals surface area contributed by atoms with Gasteiger partial charge in [-0.3, -0.25) is 0 Å². The minimum absolute atomic E-state index is 0.359. The van der Waals surface area contributed by atoms with E-state index in [1.54, 1.807) is 0 Å². The van der Waals surface area contributed by atoms with E-state index in [1.165, 1.54) is 0 Å². The van der Waals surface area contributed by atoms with Gasteiger partial charge in [-0.25, -0.2) is 0 Å². The molecule has 74 valence electrons. The Labute approximate surface area is 76.7 Å². The van der Waals surface area contributed by atoms with Crippen LogP contribution in [-0.4, -0.2) is 26.3 Å². The minimum atomic E-state index is 0.359. The van der Waals surface area contributed by atoms with Crippen LogP contribution in [0.2, 0.25) is 0 Å². The zero-order valence-corrected chi connectivity index (χ0v) is 9.05. The second-order valence-electron chi connectivity index (χ2n) is 4.07. The maximum absolute atomic E-state index is 5.74. The highest BCUT2D eigenvalue weighted by Crippen LogP contribution is 2.07. The summed E-state index contributed by atoms with van der Waals surface area (Å²) in [6.45, 7) is 10.6. The van der Waals surface area contributed by atoms with Gasteiger partial charge >= 0.3 is 0 Å². The predicted molar refractivity (Wildman–Crippen MR) is 53.3 cm³/mol. The predicted octanol–water partition coefficient (Wildman–Crippen LogP) is 1.90. The fraction of sp³-hybridized carbons (Fsp3) is 1.00. The number of hydrogen-bond donors (Lipinski definition) is 1. The molecule has 0 aromatic carbocycles. The van der Waals surface area contributed by atoms with Crippen molar-refractivity contribution in [2.45, 2.75) is 33.8 Å². The van der Waals surface area contributed by atoms with Crippen LogP contribution >= 0.6 is 0 Å². The SMILES string of the molecule is CNCC(OCC(C)C)C(C)C. The first-order valence-corrected chi connectivity index (χ1v) is 4.84. The summed E-state index contributed by atoms with van der Waals surface area (Å²) in [6.07, 6.45) is 0.359. The summed E-state index contributed by atoms with van der Waals surface area (Å²) < 4.78 is 5.74. The third-order valence-electron chi connectivity index (χ3n) is 1.79. The van der Waals surface area contributed by atoms with Crippen LogP contribution in [0.4, 0.5) is 0 Å². The first-order chi connectivity index (χ1) is 5.57. The van der Waals surface area contributed by atoms with E-state index in [0.29, 0.717) is 17.9 Å². The zero-order valence-electron chi connectivity index (χ0n) is 9.05. The minimum Gasteiger partial charge on any atom is -0.376 e. The lowest BCUT2D eigenvalue weighted by molar-refractivity contribution is 0.00956. The lowest BCUT2D eigenvalue weighted by Crippen LogP contribution is -2.32. The van der Waals surface area contributed by atoms with Gasteiger partial charge in [-0.1, -0.05) is 27.7 Å². The molecule has 12 heavy (non-hydrogen) atoms. The first-order valence-electron chi connectivity index (χ1n) is 4.84. The van der Waals surface area contributed by atoms with Crippen molar-refractivity contribution >= 4 is 0 Å². The lowest BCUT2D eigenvalue weighted by atomic mass is 10.1. The quantitative estimate of drug-likeness (QED) is 0.662. The van der Waals surface area contributed by atoms with Gasteiger partial charge in [0.05, 0.1) is 6.10 Å². The number of hydrogen-bond acceptors (Lipinski definition) is 2. The van der Waals surface area contributed by atoms with Crippen molar-refractivity contribution in [2.24, 2.45) is 11.8 Å². The fourth-order valence-electron chi connectivity index (χ4n) is 1.00. The van der Waals surface area contributed by atoms with Crippen molar-refractivity contribution in [3.8, 4) is 0 Å². The molecule has 1 atom stereocenters. The van der Waals surface area contributed by atoms with Crippen molar-refractivity contribution < 1.29 is 4.74 Å². The van der Waals surface area contributed by atoms with Gasteiger partial charge in [-0.05, 0) is 18.9 Å². The average Bonchev–Trinajstić information content (AvgIpc) is 1.96. The number of rotatable bonds is 6. The molecule has 0 bridgehead atoms. The van der Waals surface area contributed by atoms with Gasteiger partial charge in [-0.2, -0.15) is 0 Å². The molecule has 0 aliphatic rings. The van der Waals surface area contributed by atoms with E-state index in [4.69, 9.17) is 4.74 Å². The third-order valence-corrected chi connectivity index (χ3v) is 1.79. The van der Waals surface area contributed by atoms with Crippen molar-refractivity contribution in [1.29, 1.82) is 0 Å². The van der Waals surface area contributed by atoms with Crippen LogP contribution in [0.25, 0.3) is 0 Å². The van der Waals surface area contributed by atoms with Crippen LogP contribution in [0.15, 0.2) is 0 Å². The van der Waals surface area contributed by atoms with Crippen LogP contribution in [0, 0.1) is 11.8 Å². The number of ether oxygens (including phenoxy) is 1. The van der Waals surface area contributed by atoms with Crippen molar-refractivity contribution in [3.63, 3.8) is 0 Å². The van der Waals surface area contributed by atoms with Crippen LogP contribution in [0.3, 0.4) is 0 Å². The Balaban J connectivity index is 3.63. The topological polar surface area (TPSA) is 21.3 Å². The summed E-state index contributed by atoms with van der Waals surface area (Å²) in [5.74, 6) is 1.22. The maximum Gasteiger partial charge on any atom is 0.0722 e. The zero-order chi connectivity index (χ0) is 9.56. The molecule has 0 aliphatic carbocycles. The van der Waals surface area contributed by atoms with Crippen LogP contribution in [0.5, 0.6) is 0 Å². The van der Waals surface area contributed by atoms with Gasteiger partial charge in [0.25, 0.3) is 0 Å². The second-order valence-corrected chi connectivity index (χ2v) is 4.07. The number of likely N-dealkylation sites (N-methyl/N-ethyl adjacent to an activating group) is 1. The Morgan fingerprint density at radius 1 is 1.17 bits per heavy atom. The Morgan fingerprint density at radius 3 is 2.08 bits per heavy atom. The molecular weight excluding hydrogens is 150 g/mol. The fourth-order valence-corrected chi connectivity index (χ4v) is 1.00. The lowest BCUT2D eigenvalue weighted by Gasteiger charge is -2.22. The highest BCUT2D eigenvalue weighted by Gasteiger charge is 2.12. The summed E-state index contributed by atoms with van der Waals surface area (Å²) in [6, 6.07) is 0. The van der Waals surface area contributed by atoms with E-state index in [1.807, 2.05) is 7.05 Å². The molecule has 0 rings (SSSR count). The van der Waals surface area contributed by atoms with E-state index in [2.05, 4.69) is 33.0 Å². The van der Waals surface area contributed by atoms with Crippen LogP contribution in [0.1, 0.15) is 27.7 Å². The molecule has 0 radical (unpaired) electrons. The van der Waals surface area contributed by atoms with Crippen LogP contribution in [-0.2, 0) is 4.74 Å². The molecule has 1 unspecified atom stereocenters. The Morgan fingerprint density at radius 2 is 1.75 bits per heavy atom. The molecule has 1 N–H and O–H groups in total. The molecule has 0 heterocycles. The van der Waals surface area contributed by atoms with Crippen molar-refractivity contribution in [1.82, 2.24) is 5.32 Å². The summed E-state index contributed by atoms with van der Waals surface area (Å²) in [5.41, 5.74) is 0. The number of nitrogens with one attached hydrogen (secondary N) is 1. The van der Waals surface area contributed by atoms with Gasteiger partial charge in [0, 0.05) is 13.2 Å². The Bertz CT molecular complexity index is 102. The Kier molecular flexibility index (Phi) is 6.39. The monoisotopic (exact) mass is 173 g/mol. The van der Waals surface area contributed by atoms with E-state index in [0.717, 1.165) is 13.2 Å². The molecule has 2 nitrogen and oxygen atoms in total. The van der Waals surface area contributed by atoms with Gasteiger partial charge in [0.1, 0.15) is 0 Å². The largest absolute Gasteiger partial charge is 0.376 e. The third kappa shape index (κ3) is 5.56.